The maximum Gasteiger partial charge on any atom is 0.215 e. The van der Waals surface area contributed by atoms with E-state index in [0.29, 0.717) is 31.1 Å². The van der Waals surface area contributed by atoms with Gasteiger partial charge in [0.25, 0.3) is 0 Å². The third-order valence-corrected chi connectivity index (χ3v) is 5.25. The van der Waals surface area contributed by atoms with E-state index in [9.17, 15) is 8.42 Å². The van der Waals surface area contributed by atoms with Gasteiger partial charge in [0.1, 0.15) is 0 Å². The van der Waals surface area contributed by atoms with Gasteiger partial charge < -0.3 is 5.32 Å². The summed E-state index contributed by atoms with van der Waals surface area (Å²) in [5.41, 5.74) is 0.294. The Hall–Kier alpha value is -0.130. The zero-order valence-electron chi connectivity index (χ0n) is 11.5. The molecule has 0 atom stereocenters. The zero-order valence-corrected chi connectivity index (χ0v) is 12.3. The first-order chi connectivity index (χ1) is 7.73. The van der Waals surface area contributed by atoms with E-state index < -0.39 is 10.0 Å². The van der Waals surface area contributed by atoms with Crippen molar-refractivity contribution in [3.8, 4) is 0 Å². The van der Waals surface area contributed by atoms with Gasteiger partial charge in [0.15, 0.2) is 0 Å². The fraction of sp³-hybridized carbons (Fsp3) is 1.00. The lowest BCUT2D eigenvalue weighted by molar-refractivity contribution is 0.196. The Kier molecular flexibility index (Phi) is 4.98. The molecule has 0 unspecified atom stereocenters. The molecule has 0 aromatic rings. The molecule has 0 saturated carbocycles. The molecule has 1 heterocycles. The highest BCUT2D eigenvalue weighted by Gasteiger charge is 2.31. The smallest absolute Gasteiger partial charge is 0.215 e. The van der Waals surface area contributed by atoms with Crippen molar-refractivity contribution in [2.24, 2.45) is 5.41 Å². The molecule has 1 aliphatic rings. The van der Waals surface area contributed by atoms with E-state index in [2.05, 4.69) is 19.2 Å². The highest BCUT2D eigenvalue weighted by atomic mass is 32.2. The number of sulfonamides is 1. The van der Waals surface area contributed by atoms with Gasteiger partial charge in [-0.15, -0.1) is 0 Å². The molecule has 1 fully saturated rings. The predicted molar refractivity (Wildman–Crippen MR) is 71.5 cm³/mol. The largest absolute Gasteiger partial charge is 0.313 e. The SMILES string of the molecule is CC(C)NCCS(=O)(=O)N1CCC(C)(C)CC1. The van der Waals surface area contributed by atoms with Gasteiger partial charge in [-0.25, -0.2) is 12.7 Å². The summed E-state index contributed by atoms with van der Waals surface area (Å²) in [7, 11) is -3.06. The van der Waals surface area contributed by atoms with Crippen LogP contribution in [0.2, 0.25) is 0 Å². The number of nitrogens with one attached hydrogen (secondary N) is 1. The lowest BCUT2D eigenvalue weighted by Gasteiger charge is -2.36. The highest BCUT2D eigenvalue weighted by molar-refractivity contribution is 7.89. The summed E-state index contributed by atoms with van der Waals surface area (Å²) in [6, 6.07) is 0.338. The van der Waals surface area contributed by atoms with Crippen LogP contribution in [0.5, 0.6) is 0 Å². The van der Waals surface area contributed by atoms with Gasteiger partial charge in [0, 0.05) is 25.7 Å². The number of rotatable bonds is 5. The maximum absolute atomic E-state index is 12.1. The van der Waals surface area contributed by atoms with Crippen LogP contribution in [-0.2, 0) is 10.0 Å². The van der Waals surface area contributed by atoms with E-state index in [-0.39, 0.29) is 5.75 Å². The molecule has 0 aromatic heterocycles. The standard InChI is InChI=1S/C12H26N2O2S/c1-11(2)13-7-10-17(15,16)14-8-5-12(3,4)6-9-14/h11,13H,5-10H2,1-4H3. The molecule has 4 nitrogen and oxygen atoms in total. The van der Waals surface area contributed by atoms with Crippen LogP contribution < -0.4 is 5.32 Å². The second-order valence-corrected chi connectivity index (χ2v) is 8.08. The van der Waals surface area contributed by atoms with Crippen LogP contribution in [-0.4, -0.2) is 44.2 Å². The van der Waals surface area contributed by atoms with Crippen molar-refractivity contribution in [3.05, 3.63) is 0 Å². The summed E-state index contributed by atoms with van der Waals surface area (Å²) >= 11 is 0. The number of nitrogens with zero attached hydrogens (tertiary/aromatic N) is 1. The summed E-state index contributed by atoms with van der Waals surface area (Å²) in [5, 5.41) is 3.15. The van der Waals surface area contributed by atoms with Crippen molar-refractivity contribution < 1.29 is 8.42 Å². The van der Waals surface area contributed by atoms with Crippen molar-refractivity contribution in [3.63, 3.8) is 0 Å². The molecule has 0 aliphatic carbocycles. The molecule has 1 N–H and O–H groups in total. The number of piperidine rings is 1. The van der Waals surface area contributed by atoms with Crippen LogP contribution in [0.4, 0.5) is 0 Å². The second kappa shape index (κ2) is 5.67. The minimum absolute atomic E-state index is 0.214. The van der Waals surface area contributed by atoms with Gasteiger partial charge in [0.05, 0.1) is 5.75 Å². The van der Waals surface area contributed by atoms with Gasteiger partial charge in [-0.3, -0.25) is 0 Å². The summed E-state index contributed by atoms with van der Waals surface area (Å²) in [4.78, 5) is 0. The normalized spacial score (nSPS) is 21.9. The molecular weight excluding hydrogens is 236 g/mol. The Morgan fingerprint density at radius 2 is 1.76 bits per heavy atom. The first-order valence-electron chi connectivity index (χ1n) is 6.44. The van der Waals surface area contributed by atoms with E-state index in [1.165, 1.54) is 0 Å². The monoisotopic (exact) mass is 262 g/mol. The van der Waals surface area contributed by atoms with Gasteiger partial charge in [-0.05, 0) is 18.3 Å². The fourth-order valence-corrected chi connectivity index (χ4v) is 3.35. The van der Waals surface area contributed by atoms with Crippen LogP contribution in [0, 0.1) is 5.41 Å². The topological polar surface area (TPSA) is 49.4 Å². The fourth-order valence-electron chi connectivity index (χ4n) is 1.98. The van der Waals surface area contributed by atoms with Gasteiger partial charge in [-0.1, -0.05) is 27.7 Å². The lowest BCUT2D eigenvalue weighted by atomic mass is 9.83. The van der Waals surface area contributed by atoms with Crippen LogP contribution in [0.1, 0.15) is 40.5 Å². The lowest BCUT2D eigenvalue weighted by Crippen LogP contribution is -2.43. The van der Waals surface area contributed by atoms with E-state index in [1.54, 1.807) is 4.31 Å². The minimum atomic E-state index is -3.06. The molecule has 0 aromatic carbocycles. The van der Waals surface area contributed by atoms with Gasteiger partial charge in [0.2, 0.25) is 10.0 Å². The van der Waals surface area contributed by atoms with E-state index >= 15 is 0 Å². The van der Waals surface area contributed by atoms with Crippen LogP contribution in [0.3, 0.4) is 0 Å². The molecule has 102 valence electrons. The first-order valence-corrected chi connectivity index (χ1v) is 8.05. The second-order valence-electron chi connectivity index (χ2n) is 5.99. The third kappa shape index (κ3) is 4.94. The summed E-state index contributed by atoms with van der Waals surface area (Å²) in [6.07, 6.45) is 1.92. The molecule has 17 heavy (non-hydrogen) atoms. The van der Waals surface area contributed by atoms with Crippen molar-refractivity contribution in [2.75, 3.05) is 25.4 Å². The number of hydrogen-bond donors (Lipinski definition) is 1. The highest BCUT2D eigenvalue weighted by Crippen LogP contribution is 2.30. The Bertz CT molecular complexity index is 326. The molecule has 5 heteroatoms. The van der Waals surface area contributed by atoms with Crippen molar-refractivity contribution in [2.45, 2.75) is 46.6 Å². The quantitative estimate of drug-likeness (QED) is 0.815. The Balaban J connectivity index is 2.43. The molecule has 1 saturated heterocycles. The molecule has 1 rings (SSSR count). The van der Waals surface area contributed by atoms with Crippen LogP contribution >= 0.6 is 0 Å². The Morgan fingerprint density at radius 1 is 1.24 bits per heavy atom. The first kappa shape index (κ1) is 14.9. The third-order valence-electron chi connectivity index (χ3n) is 3.38. The average molecular weight is 262 g/mol. The Morgan fingerprint density at radius 3 is 2.24 bits per heavy atom. The average Bonchev–Trinajstić information content (AvgIpc) is 2.15. The summed E-state index contributed by atoms with van der Waals surface area (Å²) in [5.74, 6) is 0.214. The van der Waals surface area contributed by atoms with Gasteiger partial charge in [-0.2, -0.15) is 0 Å². The van der Waals surface area contributed by atoms with E-state index in [1.807, 2.05) is 13.8 Å². The molecule has 0 radical (unpaired) electrons. The van der Waals surface area contributed by atoms with Crippen molar-refractivity contribution in [1.82, 2.24) is 9.62 Å². The summed E-state index contributed by atoms with van der Waals surface area (Å²) < 4.78 is 25.8. The van der Waals surface area contributed by atoms with Crippen LogP contribution in [0.25, 0.3) is 0 Å². The molecule has 0 amide bonds. The van der Waals surface area contributed by atoms with Crippen LogP contribution in [0.15, 0.2) is 0 Å². The summed E-state index contributed by atoms with van der Waals surface area (Å²) in [6.45, 7) is 10.4. The van der Waals surface area contributed by atoms with Gasteiger partial charge >= 0.3 is 0 Å². The van der Waals surface area contributed by atoms with Crippen molar-refractivity contribution >= 4 is 10.0 Å². The molecule has 0 spiro atoms. The predicted octanol–water partition coefficient (Wildman–Crippen LogP) is 1.44. The molecule has 1 aliphatic heterocycles. The maximum atomic E-state index is 12.1. The Labute approximate surface area is 106 Å². The van der Waals surface area contributed by atoms with E-state index in [0.717, 1.165) is 12.8 Å². The molecular formula is C12H26N2O2S. The van der Waals surface area contributed by atoms with Crippen molar-refractivity contribution in [1.29, 1.82) is 0 Å². The zero-order chi connectivity index (χ0) is 13.1. The number of hydrogen-bond acceptors (Lipinski definition) is 3. The minimum Gasteiger partial charge on any atom is -0.313 e. The molecule has 0 bridgehead atoms. The van der Waals surface area contributed by atoms with E-state index in [4.69, 9.17) is 0 Å².